The molecule has 0 aromatic carbocycles. The number of carbonyl (C=O) groups excluding carboxylic acids is 1. The molecule has 0 unspecified atom stereocenters. The van der Waals surface area contributed by atoms with E-state index in [0.717, 1.165) is 13.0 Å². The highest BCUT2D eigenvalue weighted by molar-refractivity contribution is 5.83. The molecule has 0 bridgehead atoms. The third-order valence-corrected chi connectivity index (χ3v) is 2.83. The van der Waals surface area contributed by atoms with E-state index in [1.54, 1.807) is 6.08 Å². The molecule has 0 spiro atoms. The van der Waals surface area contributed by atoms with Gasteiger partial charge in [-0.25, -0.2) is 0 Å². The number of nitrogens with zero attached hydrogens (tertiary/aromatic N) is 2. The summed E-state index contributed by atoms with van der Waals surface area (Å²) < 4.78 is 0. The molecule has 100 valence electrons. The second-order valence-corrected chi connectivity index (χ2v) is 4.89. The second kappa shape index (κ2) is 8.25. The monoisotopic (exact) mass is 241 g/mol. The Labute approximate surface area is 106 Å². The lowest BCUT2D eigenvalue weighted by atomic mass is 10.2. The van der Waals surface area contributed by atoms with E-state index in [9.17, 15) is 4.79 Å². The van der Waals surface area contributed by atoms with Crippen LogP contribution in [0.2, 0.25) is 0 Å². The normalized spacial score (nSPS) is 13.2. The summed E-state index contributed by atoms with van der Waals surface area (Å²) in [5.74, 6) is 0.0370. The molecule has 0 aliphatic carbocycles. The van der Waals surface area contributed by atoms with E-state index in [0.29, 0.717) is 12.6 Å². The van der Waals surface area contributed by atoms with Crippen molar-refractivity contribution in [1.29, 1.82) is 0 Å². The summed E-state index contributed by atoms with van der Waals surface area (Å²) in [4.78, 5) is 16.0. The average Bonchev–Trinajstić information content (AvgIpc) is 2.24. The van der Waals surface area contributed by atoms with Crippen LogP contribution < -0.4 is 5.32 Å². The topological polar surface area (TPSA) is 35.6 Å². The van der Waals surface area contributed by atoms with Crippen molar-refractivity contribution in [3.8, 4) is 0 Å². The molecule has 0 aliphatic heterocycles. The minimum atomic E-state index is -0.241. The first-order valence-corrected chi connectivity index (χ1v) is 6.17. The van der Waals surface area contributed by atoms with Crippen LogP contribution in [0.4, 0.5) is 0 Å². The van der Waals surface area contributed by atoms with Crippen LogP contribution in [0.25, 0.3) is 0 Å². The zero-order valence-corrected chi connectivity index (χ0v) is 11.9. The lowest BCUT2D eigenvalue weighted by molar-refractivity contribution is -0.124. The molecule has 4 heteroatoms. The first kappa shape index (κ1) is 16.1. The van der Waals surface area contributed by atoms with Gasteiger partial charge in [-0.1, -0.05) is 6.08 Å². The second-order valence-electron chi connectivity index (χ2n) is 4.89. The maximum atomic E-state index is 11.9. The van der Waals surface area contributed by atoms with Gasteiger partial charge in [0.1, 0.15) is 6.04 Å². The van der Waals surface area contributed by atoms with E-state index in [-0.39, 0.29) is 11.9 Å². The highest BCUT2D eigenvalue weighted by atomic mass is 16.2. The Morgan fingerprint density at radius 1 is 1.35 bits per heavy atom. The molecule has 0 saturated heterocycles. The number of hydrogen-bond acceptors (Lipinski definition) is 3. The minimum absolute atomic E-state index is 0.0370. The van der Waals surface area contributed by atoms with E-state index in [4.69, 9.17) is 0 Å². The van der Waals surface area contributed by atoms with E-state index in [1.165, 1.54) is 0 Å². The van der Waals surface area contributed by atoms with Gasteiger partial charge in [0, 0.05) is 12.6 Å². The Kier molecular flexibility index (Phi) is 7.83. The van der Waals surface area contributed by atoms with Gasteiger partial charge in [-0.15, -0.1) is 6.58 Å². The van der Waals surface area contributed by atoms with Gasteiger partial charge < -0.3 is 10.2 Å². The molecule has 0 saturated carbocycles. The van der Waals surface area contributed by atoms with Crippen molar-refractivity contribution in [1.82, 2.24) is 15.1 Å². The Hall–Kier alpha value is -0.870. The largest absolute Gasteiger partial charge is 0.354 e. The molecule has 0 aromatic rings. The summed E-state index contributed by atoms with van der Waals surface area (Å²) in [6, 6.07) is 0.0832. The quantitative estimate of drug-likeness (QED) is 0.508. The lowest BCUT2D eigenvalue weighted by Crippen LogP contribution is -2.47. The van der Waals surface area contributed by atoms with Crippen molar-refractivity contribution >= 4 is 5.91 Å². The SMILES string of the molecule is C=C[C@H](C(=O)NCCCN(C)C)N(C)C(C)C. The van der Waals surface area contributed by atoms with Crippen molar-refractivity contribution in [3.05, 3.63) is 12.7 Å². The molecule has 0 heterocycles. The molecular weight excluding hydrogens is 214 g/mol. The Morgan fingerprint density at radius 2 is 1.94 bits per heavy atom. The summed E-state index contributed by atoms with van der Waals surface area (Å²) in [6.45, 7) is 9.56. The van der Waals surface area contributed by atoms with Gasteiger partial charge >= 0.3 is 0 Å². The highest BCUT2D eigenvalue weighted by Gasteiger charge is 2.21. The summed E-state index contributed by atoms with van der Waals surface area (Å²) in [5.41, 5.74) is 0. The fourth-order valence-corrected chi connectivity index (χ4v) is 1.49. The van der Waals surface area contributed by atoms with Crippen molar-refractivity contribution in [2.75, 3.05) is 34.2 Å². The van der Waals surface area contributed by atoms with E-state index < -0.39 is 0 Å². The number of amides is 1. The molecule has 4 nitrogen and oxygen atoms in total. The van der Waals surface area contributed by atoms with Gasteiger partial charge in [-0.2, -0.15) is 0 Å². The molecule has 0 aromatic heterocycles. The third kappa shape index (κ3) is 6.44. The van der Waals surface area contributed by atoms with Crippen molar-refractivity contribution in [2.45, 2.75) is 32.4 Å². The molecule has 0 aliphatic rings. The fraction of sp³-hybridized carbons (Fsp3) is 0.769. The Bertz CT molecular complexity index is 239. The Morgan fingerprint density at radius 3 is 2.35 bits per heavy atom. The van der Waals surface area contributed by atoms with Crippen molar-refractivity contribution < 1.29 is 4.79 Å². The van der Waals surface area contributed by atoms with Gasteiger partial charge in [0.2, 0.25) is 5.91 Å². The van der Waals surface area contributed by atoms with Gasteiger partial charge in [-0.3, -0.25) is 9.69 Å². The van der Waals surface area contributed by atoms with Crippen LogP contribution in [0, 0.1) is 0 Å². The number of rotatable bonds is 8. The van der Waals surface area contributed by atoms with Crippen LogP contribution in [-0.4, -0.2) is 62.0 Å². The molecule has 17 heavy (non-hydrogen) atoms. The van der Waals surface area contributed by atoms with Crippen LogP contribution in [-0.2, 0) is 4.79 Å². The van der Waals surface area contributed by atoms with Crippen LogP contribution in [0.5, 0.6) is 0 Å². The molecule has 0 rings (SSSR count). The molecule has 0 radical (unpaired) electrons. The zero-order chi connectivity index (χ0) is 13.4. The van der Waals surface area contributed by atoms with E-state index in [2.05, 4.69) is 30.6 Å². The van der Waals surface area contributed by atoms with Crippen LogP contribution >= 0.6 is 0 Å². The van der Waals surface area contributed by atoms with Gasteiger partial charge in [-0.05, 0) is 48.0 Å². The van der Waals surface area contributed by atoms with Crippen LogP contribution in [0.15, 0.2) is 12.7 Å². The first-order valence-electron chi connectivity index (χ1n) is 6.17. The third-order valence-electron chi connectivity index (χ3n) is 2.83. The number of nitrogens with one attached hydrogen (secondary N) is 1. The molecule has 0 fully saturated rings. The number of carbonyl (C=O) groups is 1. The lowest BCUT2D eigenvalue weighted by Gasteiger charge is -2.28. The van der Waals surface area contributed by atoms with Crippen molar-refractivity contribution in [2.24, 2.45) is 0 Å². The van der Waals surface area contributed by atoms with Crippen LogP contribution in [0.3, 0.4) is 0 Å². The number of hydrogen-bond donors (Lipinski definition) is 1. The van der Waals surface area contributed by atoms with Crippen LogP contribution in [0.1, 0.15) is 20.3 Å². The zero-order valence-electron chi connectivity index (χ0n) is 11.9. The standard InChI is InChI=1S/C13H27N3O/c1-7-12(16(6)11(2)3)13(17)14-9-8-10-15(4)5/h7,11-12H,1,8-10H2,2-6H3,(H,14,17)/t12-/m1/s1. The summed E-state index contributed by atoms with van der Waals surface area (Å²) in [7, 11) is 6.00. The smallest absolute Gasteiger partial charge is 0.241 e. The minimum Gasteiger partial charge on any atom is -0.354 e. The maximum Gasteiger partial charge on any atom is 0.241 e. The predicted octanol–water partition coefficient (Wildman–Crippen LogP) is 0.949. The molecule has 1 atom stereocenters. The molecule has 1 amide bonds. The summed E-state index contributed by atoms with van der Waals surface area (Å²) >= 11 is 0. The summed E-state index contributed by atoms with van der Waals surface area (Å²) in [5, 5.41) is 2.95. The fourth-order valence-electron chi connectivity index (χ4n) is 1.49. The van der Waals surface area contributed by atoms with Crippen molar-refractivity contribution in [3.63, 3.8) is 0 Å². The predicted molar refractivity (Wildman–Crippen MR) is 73.1 cm³/mol. The average molecular weight is 241 g/mol. The highest BCUT2D eigenvalue weighted by Crippen LogP contribution is 2.03. The molecular formula is C13H27N3O. The number of likely N-dealkylation sites (N-methyl/N-ethyl adjacent to an activating group) is 1. The first-order chi connectivity index (χ1) is 7.90. The van der Waals surface area contributed by atoms with Gasteiger partial charge in [0.25, 0.3) is 0 Å². The maximum absolute atomic E-state index is 11.9. The van der Waals surface area contributed by atoms with Gasteiger partial charge in [0.15, 0.2) is 0 Å². The van der Waals surface area contributed by atoms with E-state index in [1.807, 2.05) is 26.0 Å². The van der Waals surface area contributed by atoms with E-state index >= 15 is 0 Å². The molecule has 1 N–H and O–H groups in total. The van der Waals surface area contributed by atoms with Gasteiger partial charge in [0.05, 0.1) is 0 Å². The Balaban J connectivity index is 4.05. The summed E-state index contributed by atoms with van der Waals surface area (Å²) in [6.07, 6.45) is 2.66.